The molecule has 1 aliphatic heterocycles. The third-order valence-electron chi connectivity index (χ3n) is 3.34. The van der Waals surface area contributed by atoms with Crippen LogP contribution in [-0.4, -0.2) is 25.5 Å². The molecule has 98 valence electrons. The summed E-state index contributed by atoms with van der Waals surface area (Å²) in [4.78, 5) is 11.4. The van der Waals surface area contributed by atoms with E-state index in [2.05, 4.69) is 5.32 Å². The van der Waals surface area contributed by atoms with Gasteiger partial charge in [-0.15, -0.1) is 0 Å². The first-order chi connectivity index (χ1) is 8.66. The van der Waals surface area contributed by atoms with Gasteiger partial charge in [0.2, 0.25) is 0 Å². The molecule has 0 aliphatic carbocycles. The molecule has 4 nitrogen and oxygen atoms in total. The second-order valence-electron chi connectivity index (χ2n) is 4.80. The topological polar surface area (TPSA) is 64.3 Å². The average Bonchev–Trinajstić information content (AvgIpc) is 2.84. The number of ether oxygens (including phenoxy) is 1. The van der Waals surface area contributed by atoms with E-state index < -0.39 is 0 Å². The number of hydrogen-bond acceptors (Lipinski definition) is 4. The lowest BCUT2D eigenvalue weighted by Gasteiger charge is -2.11. The molecule has 1 unspecified atom stereocenters. The van der Waals surface area contributed by atoms with E-state index in [1.165, 1.54) is 6.92 Å². The molecule has 0 aromatic heterocycles. The van der Waals surface area contributed by atoms with Crippen LogP contribution in [0.3, 0.4) is 0 Å². The summed E-state index contributed by atoms with van der Waals surface area (Å²) in [5, 5.41) is 3.33. The normalized spacial score (nSPS) is 18.8. The first-order valence-electron chi connectivity index (χ1n) is 6.39. The lowest BCUT2D eigenvalue weighted by molar-refractivity contribution is 0.101. The molecule has 1 saturated heterocycles. The first kappa shape index (κ1) is 12.9. The van der Waals surface area contributed by atoms with Gasteiger partial charge in [0.1, 0.15) is 0 Å². The lowest BCUT2D eigenvalue weighted by atomic mass is 10.0. The largest absolute Gasteiger partial charge is 0.398 e. The summed E-state index contributed by atoms with van der Waals surface area (Å²) >= 11 is 0. The molecule has 2 rings (SSSR count). The average molecular weight is 248 g/mol. The molecule has 1 fully saturated rings. The Morgan fingerprint density at radius 1 is 1.56 bits per heavy atom. The van der Waals surface area contributed by atoms with Gasteiger partial charge in [-0.25, -0.2) is 0 Å². The Labute approximate surface area is 108 Å². The van der Waals surface area contributed by atoms with Gasteiger partial charge in [-0.3, -0.25) is 4.79 Å². The fourth-order valence-electron chi connectivity index (χ4n) is 2.20. The second kappa shape index (κ2) is 5.87. The van der Waals surface area contributed by atoms with E-state index in [9.17, 15) is 4.79 Å². The zero-order valence-electron chi connectivity index (χ0n) is 10.7. The minimum Gasteiger partial charge on any atom is -0.398 e. The van der Waals surface area contributed by atoms with Crippen molar-refractivity contribution in [2.45, 2.75) is 19.8 Å². The van der Waals surface area contributed by atoms with Crippen molar-refractivity contribution in [2.24, 2.45) is 5.92 Å². The van der Waals surface area contributed by atoms with E-state index >= 15 is 0 Å². The van der Waals surface area contributed by atoms with Crippen LogP contribution in [0.25, 0.3) is 0 Å². The Morgan fingerprint density at radius 2 is 2.39 bits per heavy atom. The minimum atomic E-state index is 0.000318. The van der Waals surface area contributed by atoms with Crippen LogP contribution in [0.1, 0.15) is 30.1 Å². The molecule has 0 bridgehead atoms. The van der Waals surface area contributed by atoms with Crippen LogP contribution < -0.4 is 11.1 Å². The highest BCUT2D eigenvalue weighted by molar-refractivity contribution is 5.99. The highest BCUT2D eigenvalue weighted by atomic mass is 16.5. The number of rotatable bonds is 5. The van der Waals surface area contributed by atoms with E-state index in [-0.39, 0.29) is 5.78 Å². The number of nitrogens with one attached hydrogen (secondary N) is 1. The Morgan fingerprint density at radius 3 is 3.06 bits per heavy atom. The van der Waals surface area contributed by atoms with Gasteiger partial charge in [-0.2, -0.15) is 0 Å². The monoisotopic (exact) mass is 248 g/mol. The van der Waals surface area contributed by atoms with Crippen molar-refractivity contribution in [3.63, 3.8) is 0 Å². The summed E-state index contributed by atoms with van der Waals surface area (Å²) < 4.78 is 5.34. The highest BCUT2D eigenvalue weighted by Crippen LogP contribution is 2.20. The maximum absolute atomic E-state index is 11.4. The number of carbonyl (C=O) groups excluding carboxylic acids is 1. The number of carbonyl (C=O) groups is 1. The summed E-state index contributed by atoms with van der Waals surface area (Å²) in [6.45, 7) is 4.20. The summed E-state index contributed by atoms with van der Waals surface area (Å²) in [6.07, 6.45) is 2.25. The smallest absolute Gasteiger partial charge is 0.161 e. The van der Waals surface area contributed by atoms with E-state index in [4.69, 9.17) is 10.5 Å². The SMILES string of the molecule is CC(=O)c1cc(NCCC2CCOC2)ccc1N. The standard InChI is InChI=1S/C14H20N2O2/c1-10(17)13-8-12(2-3-14(13)15)16-6-4-11-5-7-18-9-11/h2-3,8,11,16H,4-7,9,15H2,1H3. The van der Waals surface area contributed by atoms with Crippen molar-refractivity contribution >= 4 is 17.2 Å². The maximum Gasteiger partial charge on any atom is 0.161 e. The van der Waals surface area contributed by atoms with Gasteiger partial charge >= 0.3 is 0 Å². The Hall–Kier alpha value is -1.55. The fourth-order valence-corrected chi connectivity index (χ4v) is 2.20. The van der Waals surface area contributed by atoms with E-state index in [0.717, 1.165) is 38.3 Å². The number of nitrogen functional groups attached to an aromatic ring is 1. The van der Waals surface area contributed by atoms with Gasteiger partial charge in [0, 0.05) is 36.7 Å². The lowest BCUT2D eigenvalue weighted by Crippen LogP contribution is -2.10. The number of benzene rings is 1. The van der Waals surface area contributed by atoms with E-state index in [1.54, 1.807) is 6.07 Å². The van der Waals surface area contributed by atoms with Crippen LogP contribution in [0.2, 0.25) is 0 Å². The Balaban J connectivity index is 1.88. The van der Waals surface area contributed by atoms with Crippen molar-refractivity contribution in [3.05, 3.63) is 23.8 Å². The van der Waals surface area contributed by atoms with Crippen molar-refractivity contribution in [3.8, 4) is 0 Å². The van der Waals surface area contributed by atoms with Gasteiger partial charge in [-0.1, -0.05) is 0 Å². The summed E-state index contributed by atoms with van der Waals surface area (Å²) in [5.41, 5.74) is 7.83. The highest BCUT2D eigenvalue weighted by Gasteiger charge is 2.14. The van der Waals surface area contributed by atoms with Gasteiger partial charge in [-0.05, 0) is 43.9 Å². The molecule has 1 heterocycles. The molecule has 1 aromatic carbocycles. The summed E-state index contributed by atoms with van der Waals surface area (Å²) in [5.74, 6) is 0.666. The van der Waals surface area contributed by atoms with Crippen molar-refractivity contribution in [1.29, 1.82) is 0 Å². The molecular weight excluding hydrogens is 228 g/mol. The number of ketones is 1. The van der Waals surface area contributed by atoms with Crippen LogP contribution >= 0.6 is 0 Å². The fraction of sp³-hybridized carbons (Fsp3) is 0.500. The number of anilines is 2. The quantitative estimate of drug-likeness (QED) is 0.620. The molecule has 1 aliphatic rings. The van der Waals surface area contributed by atoms with Crippen LogP contribution in [0.4, 0.5) is 11.4 Å². The van der Waals surface area contributed by atoms with E-state index in [0.29, 0.717) is 17.2 Å². The van der Waals surface area contributed by atoms with Gasteiger partial charge < -0.3 is 15.8 Å². The molecule has 0 spiro atoms. The number of Topliss-reactive ketones (excluding diaryl/α,β-unsaturated/α-hetero) is 1. The molecule has 0 amide bonds. The molecule has 4 heteroatoms. The van der Waals surface area contributed by atoms with Crippen molar-refractivity contribution < 1.29 is 9.53 Å². The van der Waals surface area contributed by atoms with Crippen LogP contribution in [0.5, 0.6) is 0 Å². The molecule has 1 atom stereocenters. The zero-order chi connectivity index (χ0) is 13.0. The number of nitrogens with two attached hydrogens (primary N) is 1. The first-order valence-corrected chi connectivity index (χ1v) is 6.39. The van der Waals surface area contributed by atoms with Crippen molar-refractivity contribution in [2.75, 3.05) is 30.8 Å². The van der Waals surface area contributed by atoms with Gasteiger partial charge in [0.05, 0.1) is 0 Å². The van der Waals surface area contributed by atoms with Crippen LogP contribution in [0.15, 0.2) is 18.2 Å². The second-order valence-corrected chi connectivity index (χ2v) is 4.80. The molecule has 0 radical (unpaired) electrons. The number of hydrogen-bond donors (Lipinski definition) is 2. The summed E-state index contributed by atoms with van der Waals surface area (Å²) in [7, 11) is 0. The van der Waals surface area contributed by atoms with Crippen LogP contribution in [-0.2, 0) is 4.74 Å². The van der Waals surface area contributed by atoms with Crippen molar-refractivity contribution in [1.82, 2.24) is 0 Å². The molecule has 3 N–H and O–H groups in total. The third kappa shape index (κ3) is 3.23. The zero-order valence-corrected chi connectivity index (χ0v) is 10.7. The van der Waals surface area contributed by atoms with Gasteiger partial charge in [0.25, 0.3) is 0 Å². The molecule has 1 aromatic rings. The Kier molecular flexibility index (Phi) is 4.20. The van der Waals surface area contributed by atoms with Gasteiger partial charge in [0.15, 0.2) is 5.78 Å². The Bertz CT molecular complexity index is 426. The maximum atomic E-state index is 11.4. The predicted octanol–water partition coefficient (Wildman–Crippen LogP) is 2.31. The van der Waals surface area contributed by atoms with Crippen LogP contribution in [0, 0.1) is 5.92 Å². The third-order valence-corrected chi connectivity index (χ3v) is 3.34. The van der Waals surface area contributed by atoms with E-state index in [1.807, 2.05) is 12.1 Å². The molecule has 0 saturated carbocycles. The molecule has 18 heavy (non-hydrogen) atoms. The minimum absolute atomic E-state index is 0.000318. The summed E-state index contributed by atoms with van der Waals surface area (Å²) in [6, 6.07) is 5.51. The predicted molar refractivity (Wildman–Crippen MR) is 72.9 cm³/mol. The molecular formula is C14H20N2O2.